The number of hydrogen-bond acceptors (Lipinski definition) is 4. The molecule has 0 saturated carbocycles. The molecular weight excluding hydrogens is 455 g/mol. The first-order valence-electron chi connectivity index (χ1n) is 12.0. The minimum atomic E-state index is -0.237. The minimum Gasteiger partial charge on any atom is -0.449 e. The van der Waals surface area contributed by atoms with Crippen LogP contribution in [-0.2, 0) is 18.2 Å². The molecule has 6 nitrogen and oxygen atoms in total. The van der Waals surface area contributed by atoms with E-state index in [-0.39, 0.29) is 24.3 Å². The fourth-order valence-corrected chi connectivity index (χ4v) is 5.24. The molecule has 0 bridgehead atoms. The number of carbonyl (C=O) groups is 1. The number of carbonyl (C=O) groups excluding carboxylic acids is 1. The molecule has 0 N–H and O–H groups in total. The quantitative estimate of drug-likeness (QED) is 0.459. The highest BCUT2D eigenvalue weighted by atomic mass is 35.5. The van der Waals surface area contributed by atoms with E-state index in [4.69, 9.17) is 9.84 Å². The summed E-state index contributed by atoms with van der Waals surface area (Å²) in [4.78, 5) is 16.8. The standard InChI is InChI=1S/C26H31FN4O2.ClH/c1-29-24-18-21(27)9-10-22(24)25(28-29)20-11-15-30(16-12-20)13-5-17-33-26(32)31-14-4-7-19-6-2-3-8-23(19)31;/h2-3,6,8-10,18,20H,4-5,7,11-17H2,1H3;1H. The number of likely N-dealkylation sites (tertiary alicyclic amines) is 1. The first kappa shape index (κ1) is 24.5. The van der Waals surface area contributed by atoms with E-state index < -0.39 is 0 Å². The van der Waals surface area contributed by atoms with Crippen molar-refractivity contribution in [2.45, 2.75) is 38.0 Å². The number of benzene rings is 2. The van der Waals surface area contributed by atoms with Gasteiger partial charge >= 0.3 is 6.09 Å². The van der Waals surface area contributed by atoms with Crippen LogP contribution in [0.1, 0.15) is 42.9 Å². The molecule has 1 aromatic heterocycles. The molecule has 1 amide bonds. The number of rotatable bonds is 5. The number of aromatic nitrogens is 2. The molecule has 1 saturated heterocycles. The lowest BCUT2D eigenvalue weighted by atomic mass is 9.91. The highest BCUT2D eigenvalue weighted by Crippen LogP contribution is 2.32. The van der Waals surface area contributed by atoms with E-state index in [0.717, 1.165) is 80.6 Å². The Kier molecular flexibility index (Phi) is 7.73. The Bertz CT molecular complexity index is 1140. The van der Waals surface area contributed by atoms with E-state index in [2.05, 4.69) is 11.0 Å². The number of ether oxygens (including phenoxy) is 1. The number of fused-ring (bicyclic) bond motifs is 2. The van der Waals surface area contributed by atoms with Gasteiger partial charge < -0.3 is 9.64 Å². The molecule has 0 atom stereocenters. The van der Waals surface area contributed by atoms with Crippen molar-refractivity contribution in [3.63, 3.8) is 0 Å². The largest absolute Gasteiger partial charge is 0.449 e. The van der Waals surface area contributed by atoms with E-state index in [9.17, 15) is 9.18 Å². The van der Waals surface area contributed by atoms with E-state index in [1.54, 1.807) is 15.6 Å². The van der Waals surface area contributed by atoms with Crippen LogP contribution < -0.4 is 4.90 Å². The molecule has 2 aromatic carbocycles. The van der Waals surface area contributed by atoms with Crippen molar-refractivity contribution < 1.29 is 13.9 Å². The monoisotopic (exact) mass is 486 g/mol. The second-order valence-electron chi connectivity index (χ2n) is 9.14. The van der Waals surface area contributed by atoms with Crippen LogP contribution in [0.2, 0.25) is 0 Å². The zero-order valence-corrected chi connectivity index (χ0v) is 20.4. The lowest BCUT2D eigenvalue weighted by Crippen LogP contribution is -2.37. The van der Waals surface area contributed by atoms with Crippen LogP contribution in [0.15, 0.2) is 42.5 Å². The van der Waals surface area contributed by atoms with Gasteiger partial charge in [-0.05, 0) is 75.0 Å². The third-order valence-electron chi connectivity index (χ3n) is 6.99. The van der Waals surface area contributed by atoms with Gasteiger partial charge in [-0.1, -0.05) is 18.2 Å². The first-order valence-corrected chi connectivity index (χ1v) is 12.0. The lowest BCUT2D eigenvalue weighted by molar-refractivity contribution is 0.139. The molecule has 34 heavy (non-hydrogen) atoms. The molecule has 1 fully saturated rings. The highest BCUT2D eigenvalue weighted by Gasteiger charge is 2.26. The SMILES string of the molecule is Cl.Cn1nc(C2CCN(CCCOC(=O)N3CCCc4ccccc43)CC2)c2ccc(F)cc21. The number of halogens is 2. The maximum absolute atomic E-state index is 13.6. The van der Waals surface area contributed by atoms with Gasteiger partial charge in [-0.15, -0.1) is 12.4 Å². The summed E-state index contributed by atoms with van der Waals surface area (Å²) in [5.74, 6) is 0.171. The molecule has 2 aliphatic rings. The van der Waals surface area contributed by atoms with Crippen LogP contribution >= 0.6 is 12.4 Å². The molecule has 182 valence electrons. The van der Waals surface area contributed by atoms with Crippen LogP contribution in [0.4, 0.5) is 14.9 Å². The summed E-state index contributed by atoms with van der Waals surface area (Å²) in [5, 5.41) is 5.76. The number of aryl methyl sites for hydroxylation is 2. The first-order chi connectivity index (χ1) is 16.1. The Hall–Kier alpha value is -2.64. The van der Waals surface area contributed by atoms with Gasteiger partial charge in [0.05, 0.1) is 23.5 Å². The van der Waals surface area contributed by atoms with Crippen molar-refractivity contribution in [1.82, 2.24) is 14.7 Å². The second kappa shape index (κ2) is 10.7. The van der Waals surface area contributed by atoms with Crippen molar-refractivity contribution in [3.05, 3.63) is 59.5 Å². The van der Waals surface area contributed by atoms with Crippen LogP contribution in [-0.4, -0.2) is 53.6 Å². The zero-order chi connectivity index (χ0) is 22.8. The summed E-state index contributed by atoms with van der Waals surface area (Å²) in [6.07, 6.45) is 4.65. The van der Waals surface area contributed by atoms with Gasteiger partial charge in [0.1, 0.15) is 5.82 Å². The minimum absolute atomic E-state index is 0. The summed E-state index contributed by atoms with van der Waals surface area (Å²) in [7, 11) is 1.88. The molecule has 3 heterocycles. The number of amides is 1. The number of nitrogens with zero attached hydrogens (tertiary/aromatic N) is 4. The van der Waals surface area contributed by atoms with E-state index in [0.29, 0.717) is 12.5 Å². The molecule has 2 aliphatic heterocycles. The second-order valence-corrected chi connectivity index (χ2v) is 9.14. The average Bonchev–Trinajstić information content (AvgIpc) is 3.17. The Morgan fingerprint density at radius 1 is 1.15 bits per heavy atom. The van der Waals surface area contributed by atoms with Gasteiger partial charge in [-0.25, -0.2) is 9.18 Å². The number of para-hydroxylation sites is 1. The van der Waals surface area contributed by atoms with Gasteiger partial charge in [0.15, 0.2) is 0 Å². The van der Waals surface area contributed by atoms with Gasteiger partial charge in [-0.2, -0.15) is 5.10 Å². The molecule has 0 spiro atoms. The Labute approximate surface area is 206 Å². The third kappa shape index (κ3) is 5.05. The van der Waals surface area contributed by atoms with Crippen molar-refractivity contribution in [2.75, 3.05) is 37.7 Å². The molecule has 8 heteroatoms. The summed E-state index contributed by atoms with van der Waals surface area (Å²) in [5.41, 5.74) is 4.14. The third-order valence-corrected chi connectivity index (χ3v) is 6.99. The van der Waals surface area contributed by atoms with Crippen molar-refractivity contribution in [1.29, 1.82) is 0 Å². The predicted molar refractivity (Wildman–Crippen MR) is 134 cm³/mol. The molecule has 0 aliphatic carbocycles. The van der Waals surface area contributed by atoms with Crippen molar-refractivity contribution in [2.24, 2.45) is 7.05 Å². The Morgan fingerprint density at radius 3 is 2.76 bits per heavy atom. The highest BCUT2D eigenvalue weighted by molar-refractivity contribution is 5.89. The Balaban J connectivity index is 0.00000274. The summed E-state index contributed by atoms with van der Waals surface area (Å²) in [6, 6.07) is 13.0. The van der Waals surface area contributed by atoms with Crippen LogP contribution in [0.25, 0.3) is 10.9 Å². The van der Waals surface area contributed by atoms with E-state index >= 15 is 0 Å². The summed E-state index contributed by atoms with van der Waals surface area (Å²) < 4.78 is 21.0. The lowest BCUT2D eigenvalue weighted by Gasteiger charge is -2.31. The molecular formula is C26H32ClFN4O2. The maximum atomic E-state index is 13.6. The number of hydrogen-bond donors (Lipinski definition) is 0. The summed E-state index contributed by atoms with van der Waals surface area (Å²) in [6.45, 7) is 4.07. The smallest absolute Gasteiger partial charge is 0.414 e. The van der Waals surface area contributed by atoms with Crippen molar-refractivity contribution in [3.8, 4) is 0 Å². The van der Waals surface area contributed by atoms with Gasteiger partial charge in [0.25, 0.3) is 0 Å². The van der Waals surface area contributed by atoms with E-state index in [1.165, 1.54) is 11.6 Å². The van der Waals surface area contributed by atoms with Gasteiger partial charge in [-0.3, -0.25) is 9.58 Å². The molecule has 0 radical (unpaired) electrons. The fourth-order valence-electron chi connectivity index (χ4n) is 5.24. The average molecular weight is 487 g/mol. The zero-order valence-electron chi connectivity index (χ0n) is 19.6. The summed E-state index contributed by atoms with van der Waals surface area (Å²) >= 11 is 0. The number of anilines is 1. The van der Waals surface area contributed by atoms with E-state index in [1.807, 2.05) is 31.3 Å². The fraction of sp³-hybridized carbons (Fsp3) is 0.462. The molecule has 5 rings (SSSR count). The van der Waals surface area contributed by atoms with Crippen molar-refractivity contribution >= 4 is 35.1 Å². The van der Waals surface area contributed by atoms with Gasteiger partial charge in [0, 0.05) is 31.4 Å². The molecule has 0 unspecified atom stereocenters. The number of piperidine rings is 1. The van der Waals surface area contributed by atoms with Crippen LogP contribution in [0.5, 0.6) is 0 Å². The maximum Gasteiger partial charge on any atom is 0.414 e. The predicted octanol–water partition coefficient (Wildman–Crippen LogP) is 5.29. The molecule has 3 aromatic rings. The van der Waals surface area contributed by atoms with Crippen LogP contribution in [0.3, 0.4) is 0 Å². The Morgan fingerprint density at radius 2 is 1.94 bits per heavy atom. The van der Waals surface area contributed by atoms with Crippen LogP contribution in [0, 0.1) is 5.82 Å². The normalized spacial score (nSPS) is 16.8. The topological polar surface area (TPSA) is 50.6 Å². The van der Waals surface area contributed by atoms with Gasteiger partial charge in [0.2, 0.25) is 0 Å².